The third kappa shape index (κ3) is 6.13. The summed E-state index contributed by atoms with van der Waals surface area (Å²) >= 11 is 0. The summed E-state index contributed by atoms with van der Waals surface area (Å²) in [6.07, 6.45) is 13.4. The minimum Gasteiger partial charge on any atom is -0.495 e. The molecule has 1 unspecified atom stereocenters. The van der Waals surface area contributed by atoms with Gasteiger partial charge in [-0.1, -0.05) is 18.2 Å². The molecule has 0 spiro atoms. The largest absolute Gasteiger partial charge is 0.495 e. The highest BCUT2D eigenvalue weighted by Crippen LogP contribution is 2.34. The Balaban J connectivity index is 1.32. The number of carbonyl (C=O) groups excluding carboxylic acids is 2. The van der Waals surface area contributed by atoms with Crippen LogP contribution in [0, 0.1) is 0 Å². The average Bonchev–Trinajstić information content (AvgIpc) is 3.03. The number of dihydropyridines is 1. The maximum Gasteiger partial charge on any atom is 0.229 e. The molecule has 2 saturated heterocycles. The number of nitrogens with one attached hydrogen (secondary N) is 2. The van der Waals surface area contributed by atoms with Gasteiger partial charge in [-0.15, -0.1) is 0 Å². The Morgan fingerprint density at radius 3 is 2.70 bits per heavy atom. The van der Waals surface area contributed by atoms with Crippen molar-refractivity contribution in [3.8, 4) is 5.75 Å². The molecule has 1 aromatic heterocycles. The van der Waals surface area contributed by atoms with Crippen LogP contribution in [0.15, 0.2) is 60.1 Å². The fourth-order valence-electron chi connectivity index (χ4n) is 6.13. The standard InChI is InChI=1S/C32H41N9O3/c1-37-16-18-39(19-17-37)26-11-10-25(20-27(26)44-3)34-32-33-21-24(22-42)31(36-32)41-28-12-8-23-9-13-29(43)40(30(23)35-28)15-7-5-4-6-14-38(41)2/h4,6,8,10-12,20-22,30,35H,5,7,9,13-19H2,1-3H3,(H,33,34,36)/b6-4-. The minimum absolute atomic E-state index is 0.151. The summed E-state index contributed by atoms with van der Waals surface area (Å²) in [7, 11) is 5.77. The van der Waals surface area contributed by atoms with Crippen LogP contribution in [0.1, 0.15) is 36.0 Å². The van der Waals surface area contributed by atoms with Crippen LogP contribution in [0.25, 0.3) is 0 Å². The Hall–Kier alpha value is -4.42. The lowest BCUT2D eigenvalue weighted by atomic mass is 9.97. The molecule has 12 nitrogen and oxygen atoms in total. The van der Waals surface area contributed by atoms with Gasteiger partial charge in [0.25, 0.3) is 0 Å². The van der Waals surface area contributed by atoms with Crippen LogP contribution in [-0.2, 0) is 4.79 Å². The second kappa shape index (κ2) is 13.1. The van der Waals surface area contributed by atoms with E-state index in [1.165, 1.54) is 11.8 Å². The zero-order valence-electron chi connectivity index (χ0n) is 25.7. The highest BCUT2D eigenvalue weighted by molar-refractivity contribution is 5.84. The number of aromatic nitrogens is 2. The van der Waals surface area contributed by atoms with E-state index < -0.39 is 0 Å². The van der Waals surface area contributed by atoms with Gasteiger partial charge in [-0.05, 0) is 50.1 Å². The molecule has 232 valence electrons. The number of rotatable bonds is 6. The molecule has 1 amide bonds. The summed E-state index contributed by atoms with van der Waals surface area (Å²) in [5.41, 5.74) is 3.35. The second-order valence-electron chi connectivity index (χ2n) is 11.6. The number of piperidine rings is 1. The third-order valence-electron chi connectivity index (χ3n) is 8.63. The maximum absolute atomic E-state index is 12.9. The number of aldehydes is 1. The Kier molecular flexibility index (Phi) is 8.80. The van der Waals surface area contributed by atoms with Crippen molar-refractivity contribution in [1.29, 1.82) is 0 Å². The number of hydrogen-bond donors (Lipinski definition) is 2. The zero-order chi connectivity index (χ0) is 30.6. The van der Waals surface area contributed by atoms with Crippen LogP contribution in [0.4, 0.5) is 23.1 Å². The Morgan fingerprint density at radius 1 is 1.07 bits per heavy atom. The molecule has 2 aromatic rings. The lowest BCUT2D eigenvalue weighted by molar-refractivity contribution is -0.135. The fraction of sp³-hybridized carbons (Fsp3) is 0.438. The number of likely N-dealkylation sites (N-methyl/N-ethyl adjacent to an activating group) is 2. The van der Waals surface area contributed by atoms with Crippen LogP contribution in [0.5, 0.6) is 5.75 Å². The van der Waals surface area contributed by atoms with Crippen molar-refractivity contribution in [2.24, 2.45) is 0 Å². The van der Waals surface area contributed by atoms with Crippen LogP contribution in [0.3, 0.4) is 0 Å². The summed E-state index contributed by atoms with van der Waals surface area (Å²) in [5.74, 6) is 2.41. The van der Waals surface area contributed by atoms with Gasteiger partial charge in [0.1, 0.15) is 17.7 Å². The monoisotopic (exact) mass is 599 g/mol. The molecule has 4 aliphatic rings. The minimum atomic E-state index is -0.235. The van der Waals surface area contributed by atoms with Crippen molar-refractivity contribution in [2.45, 2.75) is 31.8 Å². The number of hydrazine groups is 1. The van der Waals surface area contributed by atoms with E-state index in [-0.39, 0.29) is 12.1 Å². The molecule has 4 aliphatic heterocycles. The highest BCUT2D eigenvalue weighted by atomic mass is 16.5. The summed E-state index contributed by atoms with van der Waals surface area (Å²) in [5, 5.41) is 10.8. The molecule has 0 radical (unpaired) electrons. The SMILES string of the molecule is COc1cc(Nc2ncc(C=O)c(N3C4=CC=C5CCC(=O)N(CCC/C=C\CN3C)C5N4)n2)ccc1N1CCN(C)CC1. The highest BCUT2D eigenvalue weighted by Gasteiger charge is 2.35. The van der Waals surface area contributed by atoms with Crippen molar-refractivity contribution in [3.63, 3.8) is 0 Å². The molecule has 6 rings (SSSR count). The van der Waals surface area contributed by atoms with Crippen LogP contribution >= 0.6 is 0 Å². The summed E-state index contributed by atoms with van der Waals surface area (Å²) in [6.45, 7) is 5.15. The van der Waals surface area contributed by atoms with E-state index in [4.69, 9.17) is 9.72 Å². The first kappa shape index (κ1) is 29.6. The lowest BCUT2D eigenvalue weighted by Gasteiger charge is -2.44. The number of benzene rings is 1. The van der Waals surface area contributed by atoms with E-state index in [1.54, 1.807) is 7.11 Å². The van der Waals surface area contributed by atoms with Crippen molar-refractivity contribution in [3.05, 3.63) is 65.7 Å². The second-order valence-corrected chi connectivity index (χ2v) is 11.6. The van der Waals surface area contributed by atoms with Crippen molar-refractivity contribution < 1.29 is 14.3 Å². The quantitative estimate of drug-likeness (QED) is 0.378. The number of allylic oxidation sites excluding steroid dienone is 3. The van der Waals surface area contributed by atoms with E-state index in [2.05, 4.69) is 56.8 Å². The van der Waals surface area contributed by atoms with Gasteiger partial charge in [0, 0.05) is 70.7 Å². The molecule has 2 bridgehead atoms. The van der Waals surface area contributed by atoms with Crippen LogP contribution < -0.4 is 25.3 Å². The number of fused-ring (bicyclic) bond motifs is 1. The van der Waals surface area contributed by atoms with E-state index in [9.17, 15) is 9.59 Å². The number of anilines is 4. The first-order valence-corrected chi connectivity index (χ1v) is 15.3. The predicted molar refractivity (Wildman–Crippen MR) is 171 cm³/mol. The molecule has 12 heteroatoms. The molecule has 1 aromatic carbocycles. The maximum atomic E-state index is 12.9. The van der Waals surface area contributed by atoms with Gasteiger partial charge in [0.05, 0.1) is 18.4 Å². The number of amides is 1. The summed E-state index contributed by atoms with van der Waals surface area (Å²) in [4.78, 5) is 41.2. The van der Waals surface area contributed by atoms with Gasteiger partial charge in [-0.25, -0.2) is 15.0 Å². The Bertz CT molecular complexity index is 1480. The molecule has 5 heterocycles. The summed E-state index contributed by atoms with van der Waals surface area (Å²) in [6, 6.07) is 6.00. The normalized spacial score (nSPS) is 22.2. The van der Waals surface area contributed by atoms with Crippen LogP contribution in [0.2, 0.25) is 0 Å². The first-order valence-electron chi connectivity index (χ1n) is 15.3. The Labute approximate surface area is 258 Å². The van der Waals surface area contributed by atoms with Gasteiger partial charge < -0.3 is 30.1 Å². The number of nitrogens with zero attached hydrogens (tertiary/aromatic N) is 7. The van der Waals surface area contributed by atoms with E-state index in [0.29, 0.717) is 36.8 Å². The molecule has 0 saturated carbocycles. The molecule has 2 fully saturated rings. The zero-order valence-corrected chi connectivity index (χ0v) is 25.7. The lowest BCUT2D eigenvalue weighted by Crippen LogP contribution is -2.57. The van der Waals surface area contributed by atoms with E-state index in [0.717, 1.165) is 74.7 Å². The van der Waals surface area contributed by atoms with E-state index >= 15 is 0 Å². The number of methoxy groups -OCH3 is 1. The smallest absolute Gasteiger partial charge is 0.229 e. The molecule has 1 atom stereocenters. The van der Waals surface area contributed by atoms with Gasteiger partial charge in [0.2, 0.25) is 11.9 Å². The number of piperazine rings is 1. The Morgan fingerprint density at radius 2 is 1.91 bits per heavy atom. The van der Waals surface area contributed by atoms with Gasteiger partial charge in [-0.3, -0.25) is 9.59 Å². The number of hydrogen-bond acceptors (Lipinski definition) is 11. The average molecular weight is 600 g/mol. The molecule has 0 aliphatic carbocycles. The number of ether oxygens (including phenoxy) is 1. The van der Waals surface area contributed by atoms with Crippen molar-refractivity contribution in [2.75, 3.05) is 75.7 Å². The first-order chi connectivity index (χ1) is 21.4. The molecule has 44 heavy (non-hydrogen) atoms. The molecular weight excluding hydrogens is 558 g/mol. The van der Waals surface area contributed by atoms with E-state index in [1.807, 2.05) is 40.2 Å². The third-order valence-corrected chi connectivity index (χ3v) is 8.63. The van der Waals surface area contributed by atoms with Gasteiger partial charge >= 0.3 is 0 Å². The molecular formula is C32H41N9O3. The number of carbonyl (C=O) groups is 2. The predicted octanol–water partition coefficient (Wildman–Crippen LogP) is 3.12. The fourth-order valence-corrected chi connectivity index (χ4v) is 6.13. The van der Waals surface area contributed by atoms with Crippen LogP contribution in [-0.4, -0.2) is 104 Å². The van der Waals surface area contributed by atoms with Gasteiger partial charge in [-0.2, -0.15) is 4.98 Å². The summed E-state index contributed by atoms with van der Waals surface area (Å²) < 4.78 is 5.77. The molecule has 2 N–H and O–H groups in total. The topological polar surface area (TPSA) is 109 Å². The van der Waals surface area contributed by atoms with Gasteiger partial charge in [0.15, 0.2) is 12.1 Å². The van der Waals surface area contributed by atoms with Crippen molar-refractivity contribution in [1.82, 2.24) is 30.1 Å². The van der Waals surface area contributed by atoms with Crippen molar-refractivity contribution >= 4 is 35.3 Å².